The van der Waals surface area contributed by atoms with Crippen LogP contribution in [-0.2, 0) is 31.1 Å². The van der Waals surface area contributed by atoms with Crippen molar-refractivity contribution >= 4 is 40.9 Å². The second-order valence-electron chi connectivity index (χ2n) is 9.14. The lowest BCUT2D eigenvalue weighted by Gasteiger charge is -2.29. The molecule has 2 aromatic rings. The van der Waals surface area contributed by atoms with Gasteiger partial charge in [-0.1, -0.05) is 17.7 Å². The smallest absolute Gasteiger partial charge is 0.250 e. The minimum atomic E-state index is -1.53. The highest BCUT2D eigenvalue weighted by Gasteiger charge is 2.70. The van der Waals surface area contributed by atoms with Gasteiger partial charge in [0.15, 0.2) is 11.5 Å². The molecule has 0 radical (unpaired) electrons. The van der Waals surface area contributed by atoms with E-state index in [4.69, 9.17) is 26.8 Å². The highest BCUT2D eigenvalue weighted by molar-refractivity contribution is 6.31. The average molecular weight is 513 g/mol. The second-order valence-corrected chi connectivity index (χ2v) is 9.58. The molecule has 188 valence electrons. The van der Waals surface area contributed by atoms with Crippen molar-refractivity contribution in [2.75, 3.05) is 26.1 Å². The Morgan fingerprint density at radius 2 is 1.83 bits per heavy atom. The molecule has 1 spiro atoms. The van der Waals surface area contributed by atoms with E-state index in [-0.39, 0.29) is 13.0 Å². The third-order valence-corrected chi connectivity index (χ3v) is 7.50. The number of likely N-dealkylation sites (tertiary alicyclic amines) is 1. The van der Waals surface area contributed by atoms with Crippen molar-refractivity contribution in [1.82, 2.24) is 10.2 Å². The molecule has 0 saturated carbocycles. The predicted molar refractivity (Wildman–Crippen MR) is 129 cm³/mol. The molecule has 2 saturated heterocycles. The molecule has 4 amide bonds. The Hall–Kier alpha value is -3.63. The van der Waals surface area contributed by atoms with Crippen LogP contribution in [0.1, 0.15) is 17.5 Å². The van der Waals surface area contributed by atoms with Gasteiger partial charge < -0.3 is 20.5 Å². The van der Waals surface area contributed by atoms with Gasteiger partial charge >= 0.3 is 0 Å². The summed E-state index contributed by atoms with van der Waals surface area (Å²) >= 11 is 6.23. The maximum Gasteiger partial charge on any atom is 0.250 e. The zero-order valence-corrected chi connectivity index (χ0v) is 20.4. The van der Waals surface area contributed by atoms with E-state index in [9.17, 15) is 19.2 Å². The number of primary amides is 1. The van der Waals surface area contributed by atoms with Crippen molar-refractivity contribution < 1.29 is 28.7 Å². The Kier molecular flexibility index (Phi) is 5.88. The van der Waals surface area contributed by atoms with Crippen LogP contribution in [0.2, 0.25) is 5.02 Å². The number of imide groups is 1. The van der Waals surface area contributed by atoms with Crippen LogP contribution in [0.4, 0.5) is 5.69 Å². The van der Waals surface area contributed by atoms with E-state index < -0.39 is 47.0 Å². The number of ether oxygens (including phenoxy) is 2. The number of nitrogens with one attached hydrogen (secondary N) is 2. The summed E-state index contributed by atoms with van der Waals surface area (Å²) in [7, 11) is 3.06. The van der Waals surface area contributed by atoms with Crippen LogP contribution >= 0.6 is 11.6 Å². The molecule has 3 aliphatic rings. The van der Waals surface area contributed by atoms with Gasteiger partial charge in [-0.05, 0) is 42.3 Å². The number of nitrogens with two attached hydrogens (primary N) is 1. The summed E-state index contributed by atoms with van der Waals surface area (Å²) in [5.41, 5.74) is 5.74. The number of amides is 4. The number of carbonyl (C=O) groups is 4. The van der Waals surface area contributed by atoms with E-state index >= 15 is 0 Å². The Bertz CT molecular complexity index is 1300. The van der Waals surface area contributed by atoms with Crippen molar-refractivity contribution in [3.8, 4) is 11.5 Å². The lowest BCUT2D eigenvalue weighted by molar-refractivity contribution is -0.142. The molecular formula is C25H25ClN4O6. The molecule has 4 N–H and O–H groups in total. The van der Waals surface area contributed by atoms with Crippen molar-refractivity contribution in [3.05, 3.63) is 52.5 Å². The van der Waals surface area contributed by atoms with Gasteiger partial charge in [-0.3, -0.25) is 29.4 Å². The summed E-state index contributed by atoms with van der Waals surface area (Å²) in [4.78, 5) is 53.7. The summed E-state index contributed by atoms with van der Waals surface area (Å²) in [5, 5.41) is 6.32. The van der Waals surface area contributed by atoms with Gasteiger partial charge in [-0.2, -0.15) is 0 Å². The fraction of sp³-hybridized carbons (Fsp3) is 0.360. The normalized spacial score (nSPS) is 26.2. The van der Waals surface area contributed by atoms with E-state index in [0.29, 0.717) is 34.2 Å². The Balaban J connectivity index is 1.49. The molecular weight excluding hydrogens is 488 g/mol. The lowest BCUT2D eigenvalue weighted by Crippen LogP contribution is -2.53. The summed E-state index contributed by atoms with van der Waals surface area (Å²) < 4.78 is 10.6. The van der Waals surface area contributed by atoms with Gasteiger partial charge in [0.1, 0.15) is 5.54 Å². The number of benzene rings is 2. The highest BCUT2D eigenvalue weighted by atomic mass is 35.5. The van der Waals surface area contributed by atoms with Gasteiger partial charge in [0.25, 0.3) is 0 Å². The topological polar surface area (TPSA) is 140 Å². The summed E-state index contributed by atoms with van der Waals surface area (Å²) in [6, 6.07) is 9.46. The van der Waals surface area contributed by atoms with Gasteiger partial charge in [-0.15, -0.1) is 0 Å². The third-order valence-electron chi connectivity index (χ3n) is 7.26. The highest BCUT2D eigenvalue weighted by Crippen LogP contribution is 2.53. The van der Waals surface area contributed by atoms with Crippen molar-refractivity contribution in [2.24, 2.45) is 17.6 Å². The van der Waals surface area contributed by atoms with E-state index in [0.717, 1.165) is 5.56 Å². The molecule has 0 bridgehead atoms. The first-order chi connectivity index (χ1) is 17.2. The number of anilines is 1. The monoisotopic (exact) mass is 512 g/mol. The quantitative estimate of drug-likeness (QED) is 0.473. The van der Waals surface area contributed by atoms with Crippen LogP contribution in [-0.4, -0.2) is 55.3 Å². The summed E-state index contributed by atoms with van der Waals surface area (Å²) in [6.45, 7) is 0.101. The molecule has 3 aliphatic heterocycles. The lowest BCUT2D eigenvalue weighted by atomic mass is 9.76. The van der Waals surface area contributed by atoms with Crippen LogP contribution in [0.3, 0.4) is 0 Å². The fourth-order valence-corrected chi connectivity index (χ4v) is 5.89. The number of methoxy groups -OCH3 is 2. The van der Waals surface area contributed by atoms with E-state index in [1.165, 1.54) is 19.1 Å². The van der Waals surface area contributed by atoms with Gasteiger partial charge in [0, 0.05) is 35.3 Å². The SMILES string of the molecule is COc1ccc(CCN2C(=O)[C@@H]3C(CC(N)=O)NC4(C(=O)Nc5ccc(Cl)cc54)[C@@H]3C2=O)cc1OC. The third kappa shape index (κ3) is 3.51. The molecule has 3 heterocycles. The molecule has 0 aromatic heterocycles. The van der Waals surface area contributed by atoms with E-state index in [1.807, 2.05) is 6.07 Å². The molecule has 11 heteroatoms. The van der Waals surface area contributed by atoms with Crippen LogP contribution in [0.5, 0.6) is 11.5 Å². The van der Waals surface area contributed by atoms with Crippen molar-refractivity contribution in [2.45, 2.75) is 24.4 Å². The number of nitrogens with zero attached hydrogens (tertiary/aromatic N) is 1. The second kappa shape index (κ2) is 8.79. The number of fused-ring (bicyclic) bond motifs is 4. The minimum Gasteiger partial charge on any atom is -0.493 e. The molecule has 4 atom stereocenters. The number of hydrogen-bond acceptors (Lipinski definition) is 7. The molecule has 2 unspecified atom stereocenters. The van der Waals surface area contributed by atoms with Gasteiger partial charge in [-0.25, -0.2) is 0 Å². The predicted octanol–water partition coefficient (Wildman–Crippen LogP) is 1.20. The van der Waals surface area contributed by atoms with Gasteiger partial charge in [0.2, 0.25) is 23.6 Å². The molecule has 2 aromatic carbocycles. The fourth-order valence-electron chi connectivity index (χ4n) is 5.72. The van der Waals surface area contributed by atoms with Crippen LogP contribution in [0.15, 0.2) is 36.4 Å². The van der Waals surface area contributed by atoms with Crippen LogP contribution in [0, 0.1) is 11.8 Å². The van der Waals surface area contributed by atoms with Crippen molar-refractivity contribution in [3.63, 3.8) is 0 Å². The van der Waals surface area contributed by atoms with Crippen LogP contribution in [0.25, 0.3) is 0 Å². The molecule has 36 heavy (non-hydrogen) atoms. The molecule has 2 fully saturated rings. The number of halogens is 1. The first-order valence-electron chi connectivity index (χ1n) is 11.4. The van der Waals surface area contributed by atoms with Crippen LogP contribution < -0.4 is 25.8 Å². The molecule has 5 rings (SSSR count). The maximum atomic E-state index is 13.8. The maximum absolute atomic E-state index is 13.8. The Morgan fingerprint density at radius 3 is 2.53 bits per heavy atom. The van der Waals surface area contributed by atoms with E-state index in [2.05, 4.69) is 10.6 Å². The number of carbonyl (C=O) groups excluding carboxylic acids is 4. The summed E-state index contributed by atoms with van der Waals surface area (Å²) in [6.07, 6.45) is 0.168. The number of rotatable bonds is 7. The standard InChI is InChI=1S/C25H25ClN4O6/c1-35-17-6-3-12(9-18(17)36-2)7-8-30-22(32)20-16(11-19(27)31)29-25(21(20)23(30)33)14-10-13(26)4-5-15(14)28-24(25)34/h3-6,9-10,16,20-21,29H,7-8,11H2,1-2H3,(H2,27,31)(H,28,34)/t16?,20-,21+,25?/m1/s1. The number of hydrogen-bond donors (Lipinski definition) is 3. The molecule has 0 aliphatic carbocycles. The van der Waals surface area contributed by atoms with Crippen molar-refractivity contribution in [1.29, 1.82) is 0 Å². The Labute approximate surface area is 212 Å². The molecule has 10 nitrogen and oxygen atoms in total. The first-order valence-corrected chi connectivity index (χ1v) is 11.8. The average Bonchev–Trinajstić information content (AvgIpc) is 3.41. The Morgan fingerprint density at radius 1 is 1.08 bits per heavy atom. The first kappa shape index (κ1) is 24.1. The zero-order chi connectivity index (χ0) is 25.8. The summed E-state index contributed by atoms with van der Waals surface area (Å²) in [5.74, 6) is -2.90. The van der Waals surface area contributed by atoms with Gasteiger partial charge in [0.05, 0.1) is 26.1 Å². The largest absolute Gasteiger partial charge is 0.493 e. The minimum absolute atomic E-state index is 0.101. The van der Waals surface area contributed by atoms with E-state index in [1.54, 1.807) is 30.3 Å². The zero-order valence-electron chi connectivity index (χ0n) is 19.7.